The molecule has 2 rings (SSSR count). The van der Waals surface area contributed by atoms with Gasteiger partial charge >= 0.3 is 0 Å². The standard InChI is InChI=1S/C12H9BrClIOS/c13-9-6-11(17-12(9)14)10(16)5-7-1-3-8(15)4-2-7/h1-4,6,10,16H,5H2. The van der Waals surface area contributed by atoms with Gasteiger partial charge in [0, 0.05) is 19.3 Å². The zero-order chi connectivity index (χ0) is 12.4. The lowest BCUT2D eigenvalue weighted by molar-refractivity contribution is 0.182. The Kier molecular flexibility index (Phi) is 4.88. The van der Waals surface area contributed by atoms with Crippen molar-refractivity contribution in [2.24, 2.45) is 0 Å². The van der Waals surface area contributed by atoms with Crippen molar-refractivity contribution in [3.8, 4) is 0 Å². The summed E-state index contributed by atoms with van der Waals surface area (Å²) >= 11 is 13.0. The summed E-state index contributed by atoms with van der Waals surface area (Å²) in [6.45, 7) is 0. The maximum absolute atomic E-state index is 10.1. The predicted octanol–water partition coefficient (Wildman–Crippen LogP) is 5.04. The van der Waals surface area contributed by atoms with E-state index < -0.39 is 6.10 Å². The van der Waals surface area contributed by atoms with Gasteiger partial charge in [0.1, 0.15) is 4.34 Å². The first-order valence-electron chi connectivity index (χ1n) is 4.93. The molecule has 1 aromatic carbocycles. The summed E-state index contributed by atoms with van der Waals surface area (Å²) in [4.78, 5) is 0.889. The van der Waals surface area contributed by atoms with Crippen LogP contribution in [-0.4, -0.2) is 5.11 Å². The van der Waals surface area contributed by atoms with Crippen molar-refractivity contribution < 1.29 is 5.11 Å². The van der Waals surface area contributed by atoms with E-state index in [1.54, 1.807) is 0 Å². The van der Waals surface area contributed by atoms with Crippen LogP contribution >= 0.6 is 61.5 Å². The molecule has 1 atom stereocenters. The van der Waals surface area contributed by atoms with Crippen molar-refractivity contribution in [2.75, 3.05) is 0 Å². The minimum absolute atomic E-state index is 0.496. The lowest BCUT2D eigenvalue weighted by atomic mass is 10.1. The molecule has 1 nitrogen and oxygen atoms in total. The largest absolute Gasteiger partial charge is 0.387 e. The molecule has 0 aliphatic rings. The second-order valence-electron chi connectivity index (χ2n) is 3.62. The topological polar surface area (TPSA) is 20.2 Å². The molecule has 90 valence electrons. The molecule has 1 heterocycles. The molecule has 0 aliphatic carbocycles. The summed E-state index contributed by atoms with van der Waals surface area (Å²) in [7, 11) is 0. The molecule has 0 spiro atoms. The molecule has 0 fully saturated rings. The summed E-state index contributed by atoms with van der Waals surface area (Å²) < 4.78 is 2.73. The first kappa shape index (κ1) is 13.8. The van der Waals surface area contributed by atoms with Crippen molar-refractivity contribution in [1.29, 1.82) is 0 Å². The number of aliphatic hydroxyl groups is 1. The fraction of sp³-hybridized carbons (Fsp3) is 0.167. The normalized spacial score (nSPS) is 12.7. The van der Waals surface area contributed by atoms with Crippen molar-refractivity contribution in [1.82, 2.24) is 0 Å². The van der Waals surface area contributed by atoms with E-state index in [1.165, 1.54) is 14.9 Å². The average molecular weight is 444 g/mol. The molecular weight excluding hydrogens is 434 g/mol. The highest BCUT2D eigenvalue weighted by Gasteiger charge is 2.13. The first-order valence-corrected chi connectivity index (χ1v) is 8.00. The average Bonchev–Trinajstić information content (AvgIpc) is 2.63. The van der Waals surface area contributed by atoms with Crippen LogP contribution in [-0.2, 0) is 6.42 Å². The fourth-order valence-electron chi connectivity index (χ4n) is 1.47. The molecule has 0 amide bonds. The smallest absolute Gasteiger partial charge is 0.107 e. The second-order valence-corrected chi connectivity index (χ2v) is 7.40. The van der Waals surface area contributed by atoms with Crippen molar-refractivity contribution in [3.05, 3.63) is 53.2 Å². The molecule has 0 saturated carbocycles. The summed E-state index contributed by atoms with van der Waals surface area (Å²) in [6, 6.07) is 10.0. The van der Waals surface area contributed by atoms with Gasteiger partial charge < -0.3 is 5.11 Å². The summed E-state index contributed by atoms with van der Waals surface area (Å²) in [5, 5.41) is 10.1. The Morgan fingerprint density at radius 2 is 2.00 bits per heavy atom. The molecule has 2 aromatic rings. The van der Waals surface area contributed by atoms with Crippen LogP contribution in [0.5, 0.6) is 0 Å². The highest BCUT2D eigenvalue weighted by atomic mass is 127. The van der Waals surface area contributed by atoms with Crippen LogP contribution in [0.3, 0.4) is 0 Å². The lowest BCUT2D eigenvalue weighted by Gasteiger charge is -2.08. The van der Waals surface area contributed by atoms with Crippen LogP contribution in [0, 0.1) is 3.57 Å². The zero-order valence-corrected chi connectivity index (χ0v) is 14.0. The third kappa shape index (κ3) is 3.67. The van der Waals surface area contributed by atoms with Gasteiger partial charge in [0.05, 0.1) is 6.10 Å². The maximum atomic E-state index is 10.1. The van der Waals surface area contributed by atoms with Crippen molar-refractivity contribution >= 4 is 61.5 Å². The van der Waals surface area contributed by atoms with Crippen molar-refractivity contribution in [2.45, 2.75) is 12.5 Å². The second kappa shape index (κ2) is 6.02. The molecule has 5 heteroatoms. The van der Waals surface area contributed by atoms with E-state index in [4.69, 9.17) is 11.6 Å². The molecular formula is C12H9BrClIOS. The van der Waals surface area contributed by atoms with Gasteiger partial charge in [-0.15, -0.1) is 11.3 Å². The number of hydrogen-bond donors (Lipinski definition) is 1. The monoisotopic (exact) mass is 442 g/mol. The van der Waals surface area contributed by atoms with Gasteiger partial charge in [-0.25, -0.2) is 0 Å². The van der Waals surface area contributed by atoms with E-state index in [0.29, 0.717) is 10.8 Å². The van der Waals surface area contributed by atoms with Gasteiger partial charge in [-0.2, -0.15) is 0 Å². The number of thiophene rings is 1. The lowest BCUT2D eigenvalue weighted by Crippen LogP contribution is -1.99. The fourth-order valence-corrected chi connectivity index (χ4v) is 3.55. The van der Waals surface area contributed by atoms with Crippen LogP contribution in [0.25, 0.3) is 0 Å². The van der Waals surface area contributed by atoms with Gasteiger partial charge in [0.2, 0.25) is 0 Å². The van der Waals surface area contributed by atoms with E-state index >= 15 is 0 Å². The molecule has 0 bridgehead atoms. The Balaban J connectivity index is 2.11. The number of hydrogen-bond acceptors (Lipinski definition) is 2. The first-order chi connectivity index (χ1) is 8.06. The van der Waals surface area contributed by atoms with E-state index in [0.717, 1.165) is 14.9 Å². The van der Waals surface area contributed by atoms with Crippen LogP contribution in [0.1, 0.15) is 16.5 Å². The molecule has 0 aliphatic heterocycles. The van der Waals surface area contributed by atoms with Crippen LogP contribution in [0.2, 0.25) is 4.34 Å². The van der Waals surface area contributed by atoms with E-state index in [9.17, 15) is 5.11 Å². The predicted molar refractivity (Wildman–Crippen MR) is 84.9 cm³/mol. The van der Waals surface area contributed by atoms with Gasteiger partial charge in [0.25, 0.3) is 0 Å². The number of benzene rings is 1. The Bertz CT molecular complexity index is 492. The zero-order valence-electron chi connectivity index (χ0n) is 8.66. The summed E-state index contributed by atoms with van der Waals surface area (Å²) in [6.07, 6.45) is 0.115. The Morgan fingerprint density at radius 3 is 2.53 bits per heavy atom. The summed E-state index contributed by atoms with van der Waals surface area (Å²) in [5.41, 5.74) is 1.12. The summed E-state index contributed by atoms with van der Waals surface area (Å²) in [5.74, 6) is 0. The third-order valence-electron chi connectivity index (χ3n) is 2.33. The molecule has 1 aromatic heterocycles. The Labute approximate surface area is 131 Å². The highest BCUT2D eigenvalue weighted by Crippen LogP contribution is 2.36. The maximum Gasteiger partial charge on any atom is 0.107 e. The van der Waals surface area contributed by atoms with Crippen LogP contribution in [0.15, 0.2) is 34.8 Å². The van der Waals surface area contributed by atoms with E-state index in [1.807, 2.05) is 30.3 Å². The third-order valence-corrected chi connectivity index (χ3v) is 5.63. The molecule has 0 radical (unpaired) electrons. The van der Waals surface area contributed by atoms with Crippen LogP contribution < -0.4 is 0 Å². The van der Waals surface area contributed by atoms with E-state index in [2.05, 4.69) is 38.5 Å². The van der Waals surface area contributed by atoms with Gasteiger partial charge in [0.15, 0.2) is 0 Å². The molecule has 1 unspecified atom stereocenters. The SMILES string of the molecule is OC(Cc1ccc(I)cc1)c1cc(Br)c(Cl)s1. The Hall–Kier alpha value is 0.380. The van der Waals surface area contributed by atoms with Crippen molar-refractivity contribution in [3.63, 3.8) is 0 Å². The molecule has 0 saturated heterocycles. The minimum Gasteiger partial charge on any atom is -0.387 e. The highest BCUT2D eigenvalue weighted by molar-refractivity contribution is 14.1. The Morgan fingerprint density at radius 1 is 1.35 bits per heavy atom. The molecule has 1 N–H and O–H groups in total. The quantitative estimate of drug-likeness (QED) is 0.659. The van der Waals surface area contributed by atoms with Crippen LogP contribution in [0.4, 0.5) is 0 Å². The number of aliphatic hydroxyl groups excluding tert-OH is 1. The minimum atomic E-state index is -0.496. The molecule has 17 heavy (non-hydrogen) atoms. The number of rotatable bonds is 3. The van der Waals surface area contributed by atoms with E-state index in [-0.39, 0.29) is 0 Å². The van der Waals surface area contributed by atoms with Gasteiger partial charge in [-0.05, 0) is 62.3 Å². The van der Waals surface area contributed by atoms with Gasteiger partial charge in [-0.1, -0.05) is 23.7 Å². The van der Waals surface area contributed by atoms with Gasteiger partial charge in [-0.3, -0.25) is 0 Å². The number of halogens is 3.